The maximum absolute atomic E-state index is 8.78. The van der Waals surface area contributed by atoms with Crippen molar-refractivity contribution in [1.82, 2.24) is 0 Å². The Kier molecular flexibility index (Phi) is 4.53. The number of hydrogen-bond acceptors (Lipinski definition) is 4. The van der Waals surface area contributed by atoms with Gasteiger partial charge in [-0.15, -0.1) is 25.3 Å². The normalized spacial score (nSPS) is 11.2. The van der Waals surface area contributed by atoms with E-state index in [-0.39, 0.29) is 0 Å². The van der Waals surface area contributed by atoms with Crippen LogP contribution in [0.4, 0.5) is 0 Å². The fourth-order valence-electron chi connectivity index (χ4n) is 1.68. The molecule has 2 rings (SSSR count). The van der Waals surface area contributed by atoms with Crippen LogP contribution in [0, 0.1) is 22.7 Å². The van der Waals surface area contributed by atoms with Crippen LogP contribution in [0.2, 0.25) is 0 Å². The van der Waals surface area contributed by atoms with Crippen LogP contribution < -0.4 is 0 Å². The van der Waals surface area contributed by atoms with E-state index in [2.05, 4.69) is 37.4 Å². The topological polar surface area (TPSA) is 47.6 Å². The van der Waals surface area contributed by atoms with Crippen LogP contribution in [-0.2, 0) is 0 Å². The van der Waals surface area contributed by atoms with E-state index >= 15 is 0 Å². The van der Waals surface area contributed by atoms with Crippen molar-refractivity contribution in [1.29, 1.82) is 10.5 Å². The highest BCUT2D eigenvalue weighted by Gasteiger charge is 2.05. The highest BCUT2D eigenvalue weighted by atomic mass is 32.1. The van der Waals surface area contributed by atoms with Crippen LogP contribution in [0.25, 0.3) is 9.81 Å². The zero-order valence-electron chi connectivity index (χ0n) is 10.4. The average Bonchev–Trinajstić information content (AvgIpc) is 2.53. The molecule has 0 bridgehead atoms. The SMILES string of the molecule is N#Cc1ccc(/C(S)=C(\S)c2ccc(C#N)cc2)cc1. The third-order valence-electron chi connectivity index (χ3n) is 2.80. The molecular weight excluding hydrogens is 284 g/mol. The number of thiol groups is 2. The average molecular weight is 294 g/mol. The maximum atomic E-state index is 8.78. The van der Waals surface area contributed by atoms with Crippen molar-refractivity contribution >= 4 is 35.1 Å². The van der Waals surface area contributed by atoms with Crippen LogP contribution in [0.15, 0.2) is 48.5 Å². The minimum Gasteiger partial charge on any atom is -0.192 e. The summed E-state index contributed by atoms with van der Waals surface area (Å²) in [6, 6.07) is 18.5. The van der Waals surface area contributed by atoms with Gasteiger partial charge in [0.25, 0.3) is 0 Å². The van der Waals surface area contributed by atoms with Gasteiger partial charge in [-0.25, -0.2) is 0 Å². The first-order valence-corrected chi connectivity index (χ1v) is 6.68. The van der Waals surface area contributed by atoms with Crippen molar-refractivity contribution in [2.45, 2.75) is 0 Å². The van der Waals surface area contributed by atoms with Gasteiger partial charge in [-0.05, 0) is 35.4 Å². The standard InChI is InChI=1S/C16H10N2S2/c17-9-11-1-5-13(6-2-11)15(19)16(20)14-7-3-12(10-18)4-8-14/h1-8,19-20H/b16-15+. The Morgan fingerprint density at radius 2 is 0.950 bits per heavy atom. The van der Waals surface area contributed by atoms with Gasteiger partial charge in [0.2, 0.25) is 0 Å². The molecule has 20 heavy (non-hydrogen) atoms. The lowest BCUT2D eigenvalue weighted by atomic mass is 10.1. The molecule has 0 saturated carbocycles. The third-order valence-corrected chi connectivity index (χ3v) is 3.94. The van der Waals surface area contributed by atoms with Crippen LogP contribution >= 0.6 is 25.3 Å². The molecule has 0 heterocycles. The summed E-state index contributed by atoms with van der Waals surface area (Å²) in [6.07, 6.45) is 0. The van der Waals surface area contributed by atoms with Gasteiger partial charge >= 0.3 is 0 Å². The Hall–Kier alpha value is -2.14. The summed E-state index contributed by atoms with van der Waals surface area (Å²) in [5.74, 6) is 0. The van der Waals surface area contributed by atoms with Crippen molar-refractivity contribution in [3.63, 3.8) is 0 Å². The van der Waals surface area contributed by atoms with Gasteiger partial charge in [0.15, 0.2) is 0 Å². The van der Waals surface area contributed by atoms with E-state index in [1.165, 1.54) is 0 Å². The Balaban J connectivity index is 2.39. The van der Waals surface area contributed by atoms with E-state index in [0.29, 0.717) is 11.1 Å². The first-order valence-electron chi connectivity index (χ1n) is 5.79. The highest BCUT2D eigenvalue weighted by molar-refractivity contribution is 7.96. The summed E-state index contributed by atoms with van der Waals surface area (Å²) >= 11 is 8.99. The largest absolute Gasteiger partial charge is 0.192 e. The van der Waals surface area contributed by atoms with E-state index in [0.717, 1.165) is 20.9 Å². The molecule has 4 heteroatoms. The molecule has 2 aromatic carbocycles. The van der Waals surface area contributed by atoms with Gasteiger partial charge < -0.3 is 0 Å². The molecule has 0 atom stereocenters. The molecule has 0 saturated heterocycles. The lowest BCUT2D eigenvalue weighted by Crippen LogP contribution is -1.84. The third kappa shape index (κ3) is 3.05. The summed E-state index contributed by atoms with van der Waals surface area (Å²) in [5, 5.41) is 17.6. The molecule has 96 valence electrons. The molecular formula is C16H10N2S2. The van der Waals surface area contributed by atoms with Crippen molar-refractivity contribution in [3.05, 3.63) is 70.8 Å². The smallest absolute Gasteiger partial charge is 0.0991 e. The van der Waals surface area contributed by atoms with Gasteiger partial charge in [-0.3, -0.25) is 0 Å². The van der Waals surface area contributed by atoms with Crippen LogP contribution in [0.3, 0.4) is 0 Å². The number of hydrogen-bond donors (Lipinski definition) is 2. The van der Waals surface area contributed by atoms with E-state index < -0.39 is 0 Å². The van der Waals surface area contributed by atoms with E-state index in [1.54, 1.807) is 24.3 Å². The highest BCUT2D eigenvalue weighted by Crippen LogP contribution is 2.32. The second-order valence-corrected chi connectivity index (χ2v) is 4.97. The van der Waals surface area contributed by atoms with Gasteiger partial charge in [0.1, 0.15) is 0 Å². The summed E-state index contributed by atoms with van der Waals surface area (Å²) in [5.41, 5.74) is 2.99. The predicted molar refractivity (Wildman–Crippen MR) is 87.1 cm³/mol. The van der Waals surface area contributed by atoms with E-state index in [4.69, 9.17) is 10.5 Å². The van der Waals surface area contributed by atoms with Crippen molar-refractivity contribution in [2.75, 3.05) is 0 Å². The first kappa shape index (κ1) is 14.3. The molecule has 0 N–H and O–H groups in total. The molecule has 0 unspecified atom stereocenters. The molecule has 0 fully saturated rings. The van der Waals surface area contributed by atoms with E-state index in [9.17, 15) is 0 Å². The minimum absolute atomic E-state index is 0.606. The molecule has 0 radical (unpaired) electrons. The Morgan fingerprint density at radius 1 is 0.650 bits per heavy atom. The number of nitriles is 2. The molecule has 2 aromatic rings. The quantitative estimate of drug-likeness (QED) is 0.646. The Morgan fingerprint density at radius 3 is 1.20 bits per heavy atom. The molecule has 0 aromatic heterocycles. The van der Waals surface area contributed by atoms with E-state index in [1.807, 2.05) is 24.3 Å². The minimum atomic E-state index is 0.606. The molecule has 0 aliphatic rings. The predicted octanol–water partition coefficient (Wildman–Crippen LogP) is 4.12. The molecule has 0 spiro atoms. The second kappa shape index (κ2) is 6.34. The molecule has 0 aliphatic carbocycles. The zero-order chi connectivity index (χ0) is 14.5. The van der Waals surface area contributed by atoms with Crippen LogP contribution in [0.1, 0.15) is 22.3 Å². The summed E-state index contributed by atoms with van der Waals surface area (Å²) in [7, 11) is 0. The fourth-order valence-corrected chi connectivity index (χ4v) is 2.24. The first-order chi connectivity index (χ1) is 9.65. The number of nitrogens with zero attached hydrogens (tertiary/aromatic N) is 2. The van der Waals surface area contributed by atoms with Gasteiger partial charge in [0.05, 0.1) is 23.3 Å². The molecule has 0 aliphatic heterocycles. The van der Waals surface area contributed by atoms with Gasteiger partial charge in [-0.1, -0.05) is 24.3 Å². The zero-order valence-corrected chi connectivity index (χ0v) is 12.2. The fraction of sp³-hybridized carbons (Fsp3) is 0. The lowest BCUT2D eigenvalue weighted by Gasteiger charge is -2.07. The van der Waals surface area contributed by atoms with Crippen LogP contribution in [-0.4, -0.2) is 0 Å². The monoisotopic (exact) mass is 294 g/mol. The van der Waals surface area contributed by atoms with Crippen LogP contribution in [0.5, 0.6) is 0 Å². The van der Waals surface area contributed by atoms with Gasteiger partial charge in [-0.2, -0.15) is 10.5 Å². The van der Waals surface area contributed by atoms with Crippen molar-refractivity contribution in [2.24, 2.45) is 0 Å². The lowest BCUT2D eigenvalue weighted by molar-refractivity contribution is 1.48. The summed E-state index contributed by atoms with van der Waals surface area (Å²) < 4.78 is 0. The van der Waals surface area contributed by atoms with Gasteiger partial charge in [0, 0.05) is 9.81 Å². The van der Waals surface area contributed by atoms with Crippen molar-refractivity contribution < 1.29 is 0 Å². The summed E-state index contributed by atoms with van der Waals surface area (Å²) in [4.78, 5) is 1.45. The summed E-state index contributed by atoms with van der Waals surface area (Å²) in [6.45, 7) is 0. The second-order valence-electron chi connectivity index (χ2n) is 4.08. The maximum Gasteiger partial charge on any atom is 0.0991 e. The Bertz CT molecular complexity index is 665. The Labute approximate surface area is 128 Å². The molecule has 2 nitrogen and oxygen atoms in total. The number of rotatable bonds is 2. The number of benzene rings is 2. The van der Waals surface area contributed by atoms with Crippen molar-refractivity contribution in [3.8, 4) is 12.1 Å². The molecule has 0 amide bonds.